The molecular weight excluding hydrogens is 302 g/mol. The largest absolute Gasteiger partial charge is 0.350 e. The average Bonchev–Trinajstić information content (AvgIpc) is 3.26. The number of likely N-dealkylation sites (tertiary alicyclic amines) is 1. The first-order valence-electron chi connectivity index (χ1n) is 9.14. The van der Waals surface area contributed by atoms with Gasteiger partial charge in [-0.2, -0.15) is 5.10 Å². The molecule has 1 aliphatic carbocycles. The third-order valence-electron chi connectivity index (χ3n) is 5.47. The van der Waals surface area contributed by atoms with E-state index >= 15 is 0 Å². The maximum atomic E-state index is 12.6. The van der Waals surface area contributed by atoms with E-state index in [0.717, 1.165) is 32.4 Å². The molecule has 0 bridgehead atoms. The number of hydrogen-bond donors (Lipinski definition) is 1. The standard InChI is InChI=1S/C18H25N5O/c1-2-22-9-5-7-14(22)11-20-18(24)15-12-21-23-16-8-4-3-6-13(16)10-19-17(15)23/h10,12,14H,2-9,11H2,1H3,(H,20,24). The monoisotopic (exact) mass is 327 g/mol. The van der Waals surface area contributed by atoms with Gasteiger partial charge in [-0.1, -0.05) is 6.92 Å². The number of nitrogens with zero attached hydrogens (tertiary/aromatic N) is 4. The van der Waals surface area contributed by atoms with Gasteiger partial charge in [0.25, 0.3) is 5.91 Å². The number of hydrogen-bond acceptors (Lipinski definition) is 4. The molecule has 0 radical (unpaired) electrons. The molecule has 1 atom stereocenters. The Hall–Kier alpha value is -1.95. The molecule has 1 aliphatic heterocycles. The van der Waals surface area contributed by atoms with Gasteiger partial charge in [0.05, 0.1) is 6.20 Å². The Morgan fingerprint density at radius 3 is 3.04 bits per heavy atom. The van der Waals surface area contributed by atoms with Crippen LogP contribution in [0.25, 0.3) is 5.65 Å². The van der Waals surface area contributed by atoms with Crippen LogP contribution in [0.1, 0.15) is 54.2 Å². The lowest BCUT2D eigenvalue weighted by Crippen LogP contribution is -2.40. The number of aromatic nitrogens is 3. The molecule has 128 valence electrons. The van der Waals surface area contributed by atoms with Crippen LogP contribution in [0.15, 0.2) is 12.4 Å². The second kappa shape index (κ2) is 6.51. The number of carbonyl (C=O) groups excluding carboxylic acids is 1. The van der Waals surface area contributed by atoms with Crippen molar-refractivity contribution in [1.29, 1.82) is 0 Å². The van der Waals surface area contributed by atoms with Crippen molar-refractivity contribution in [1.82, 2.24) is 24.8 Å². The van der Waals surface area contributed by atoms with Crippen molar-refractivity contribution < 1.29 is 4.79 Å². The van der Waals surface area contributed by atoms with Crippen molar-refractivity contribution in [2.45, 2.75) is 51.5 Å². The number of carbonyl (C=O) groups is 1. The lowest BCUT2D eigenvalue weighted by molar-refractivity contribution is 0.0943. The minimum Gasteiger partial charge on any atom is -0.350 e. The first-order valence-corrected chi connectivity index (χ1v) is 9.14. The highest BCUT2D eigenvalue weighted by atomic mass is 16.1. The van der Waals surface area contributed by atoms with E-state index in [2.05, 4.69) is 27.2 Å². The lowest BCUT2D eigenvalue weighted by atomic mass is 9.97. The Balaban J connectivity index is 1.52. The third-order valence-corrected chi connectivity index (χ3v) is 5.47. The molecule has 1 unspecified atom stereocenters. The summed E-state index contributed by atoms with van der Waals surface area (Å²) in [6, 6.07) is 0.460. The Kier molecular flexibility index (Phi) is 4.22. The first kappa shape index (κ1) is 15.6. The number of fused-ring (bicyclic) bond motifs is 3. The van der Waals surface area contributed by atoms with Gasteiger partial charge in [-0.05, 0) is 57.2 Å². The van der Waals surface area contributed by atoms with Crippen LogP contribution in [0.5, 0.6) is 0 Å². The van der Waals surface area contributed by atoms with Crippen molar-refractivity contribution >= 4 is 11.6 Å². The highest BCUT2D eigenvalue weighted by Gasteiger charge is 2.24. The summed E-state index contributed by atoms with van der Waals surface area (Å²) in [5.41, 5.74) is 3.77. The van der Waals surface area contributed by atoms with E-state index in [0.29, 0.717) is 23.8 Å². The summed E-state index contributed by atoms with van der Waals surface area (Å²) in [5.74, 6) is -0.0591. The predicted molar refractivity (Wildman–Crippen MR) is 92.2 cm³/mol. The zero-order chi connectivity index (χ0) is 16.5. The fourth-order valence-electron chi connectivity index (χ4n) is 4.11. The fraction of sp³-hybridized carbons (Fsp3) is 0.611. The summed E-state index contributed by atoms with van der Waals surface area (Å²) in [4.78, 5) is 19.6. The maximum Gasteiger partial charge on any atom is 0.256 e. The molecule has 2 aliphatic rings. The molecule has 2 aromatic heterocycles. The topological polar surface area (TPSA) is 62.5 Å². The van der Waals surface area contributed by atoms with Crippen molar-refractivity contribution in [3.8, 4) is 0 Å². The molecule has 1 N–H and O–H groups in total. The minimum absolute atomic E-state index is 0.0591. The molecule has 6 heteroatoms. The zero-order valence-corrected chi connectivity index (χ0v) is 14.3. The van der Waals surface area contributed by atoms with Crippen LogP contribution in [0, 0.1) is 0 Å². The molecular formula is C18H25N5O. The van der Waals surface area contributed by atoms with Gasteiger partial charge < -0.3 is 5.32 Å². The lowest BCUT2D eigenvalue weighted by Gasteiger charge is -2.22. The van der Waals surface area contributed by atoms with E-state index in [1.165, 1.54) is 30.5 Å². The predicted octanol–water partition coefficient (Wildman–Crippen LogP) is 1.82. The van der Waals surface area contributed by atoms with E-state index in [9.17, 15) is 4.79 Å². The van der Waals surface area contributed by atoms with Crippen molar-refractivity contribution in [2.75, 3.05) is 19.6 Å². The van der Waals surface area contributed by atoms with Gasteiger partial charge in [-0.25, -0.2) is 9.50 Å². The third kappa shape index (κ3) is 2.69. The zero-order valence-electron chi connectivity index (χ0n) is 14.3. The van der Waals surface area contributed by atoms with E-state index < -0.39 is 0 Å². The summed E-state index contributed by atoms with van der Waals surface area (Å²) in [6.45, 7) is 5.07. The minimum atomic E-state index is -0.0591. The first-order chi connectivity index (χ1) is 11.8. The van der Waals surface area contributed by atoms with E-state index in [1.54, 1.807) is 6.20 Å². The average molecular weight is 327 g/mol. The maximum absolute atomic E-state index is 12.6. The molecule has 4 rings (SSSR count). The Labute approximate surface area is 142 Å². The molecule has 2 aromatic rings. The van der Waals surface area contributed by atoms with Crippen LogP contribution >= 0.6 is 0 Å². The molecule has 3 heterocycles. The molecule has 24 heavy (non-hydrogen) atoms. The van der Waals surface area contributed by atoms with Crippen LogP contribution in [-0.2, 0) is 12.8 Å². The summed E-state index contributed by atoms with van der Waals surface area (Å²) < 4.78 is 1.87. The molecule has 1 amide bonds. The summed E-state index contributed by atoms with van der Waals surface area (Å²) in [5, 5.41) is 7.54. The van der Waals surface area contributed by atoms with Gasteiger partial charge in [0.2, 0.25) is 0 Å². The van der Waals surface area contributed by atoms with E-state index in [1.807, 2.05) is 10.7 Å². The Bertz CT molecular complexity index is 753. The van der Waals surface area contributed by atoms with Gasteiger partial charge in [0.1, 0.15) is 5.56 Å². The summed E-state index contributed by atoms with van der Waals surface area (Å²) in [7, 11) is 0. The van der Waals surface area contributed by atoms with Gasteiger partial charge >= 0.3 is 0 Å². The Morgan fingerprint density at radius 2 is 2.17 bits per heavy atom. The van der Waals surface area contributed by atoms with Crippen molar-refractivity contribution in [2.24, 2.45) is 0 Å². The molecule has 0 aromatic carbocycles. The summed E-state index contributed by atoms with van der Waals surface area (Å²) >= 11 is 0. The van der Waals surface area contributed by atoms with Gasteiger partial charge in [0, 0.05) is 24.5 Å². The number of aryl methyl sites for hydroxylation is 2. The number of nitrogens with one attached hydrogen (secondary N) is 1. The smallest absolute Gasteiger partial charge is 0.256 e. The van der Waals surface area contributed by atoms with Crippen molar-refractivity contribution in [3.63, 3.8) is 0 Å². The highest BCUT2D eigenvalue weighted by molar-refractivity contribution is 5.99. The molecule has 0 spiro atoms. The summed E-state index contributed by atoms with van der Waals surface area (Å²) in [6.07, 6.45) is 10.5. The van der Waals surface area contributed by atoms with Crippen LogP contribution in [-0.4, -0.2) is 51.1 Å². The number of rotatable bonds is 4. The van der Waals surface area contributed by atoms with Crippen LogP contribution in [0.3, 0.4) is 0 Å². The molecule has 1 fully saturated rings. The van der Waals surface area contributed by atoms with Gasteiger partial charge in [-0.15, -0.1) is 0 Å². The van der Waals surface area contributed by atoms with E-state index in [-0.39, 0.29) is 5.91 Å². The SMILES string of the molecule is CCN1CCCC1CNC(=O)c1cnn2c3c(cnc12)CCCC3. The Morgan fingerprint density at radius 1 is 1.29 bits per heavy atom. The molecule has 1 saturated heterocycles. The van der Waals surface area contributed by atoms with Crippen molar-refractivity contribution in [3.05, 3.63) is 29.2 Å². The van der Waals surface area contributed by atoms with Crippen LogP contribution in [0.4, 0.5) is 0 Å². The quantitative estimate of drug-likeness (QED) is 0.930. The van der Waals surface area contributed by atoms with Gasteiger partial charge in [-0.3, -0.25) is 9.69 Å². The second-order valence-electron chi connectivity index (χ2n) is 6.87. The van der Waals surface area contributed by atoms with Crippen LogP contribution < -0.4 is 5.32 Å². The van der Waals surface area contributed by atoms with Crippen LogP contribution in [0.2, 0.25) is 0 Å². The van der Waals surface area contributed by atoms with Gasteiger partial charge in [0.15, 0.2) is 5.65 Å². The fourth-order valence-corrected chi connectivity index (χ4v) is 4.11. The highest BCUT2D eigenvalue weighted by Crippen LogP contribution is 2.22. The number of likely N-dealkylation sites (N-methyl/N-ethyl adjacent to an activating group) is 1. The normalized spacial score (nSPS) is 21.1. The molecule has 0 saturated carbocycles. The molecule has 6 nitrogen and oxygen atoms in total. The number of amides is 1. The van der Waals surface area contributed by atoms with E-state index in [4.69, 9.17) is 0 Å². The second-order valence-corrected chi connectivity index (χ2v) is 6.87.